The van der Waals surface area contributed by atoms with Crippen molar-refractivity contribution in [2.45, 2.75) is 19.0 Å². The van der Waals surface area contributed by atoms with Gasteiger partial charge in [-0.3, -0.25) is 9.78 Å². The molecule has 3 amide bonds. The van der Waals surface area contributed by atoms with E-state index in [9.17, 15) is 22.8 Å². The first-order valence-electron chi connectivity index (χ1n) is 9.24. The Morgan fingerprint density at radius 2 is 1.79 bits per heavy atom. The molecule has 154 valence electrons. The number of piperidine rings is 1. The van der Waals surface area contributed by atoms with Gasteiger partial charge in [-0.15, -0.1) is 0 Å². The van der Waals surface area contributed by atoms with Crippen molar-refractivity contribution < 1.29 is 22.8 Å². The number of hydrogen-bond acceptors (Lipinski definition) is 3. The Kier molecular flexibility index (Phi) is 6.36. The molecule has 2 aromatic rings. The number of nitrogens with one attached hydrogen (secondary N) is 2. The SMILES string of the molecule is O=C(NCC1CCN(C(=O)c2cccnc2)CC1)Nc1ccc(C(F)(F)F)cc1. The number of carbonyl (C=O) groups excluding carboxylic acids is 2. The minimum atomic E-state index is -4.41. The summed E-state index contributed by atoms with van der Waals surface area (Å²) in [6.07, 6.45) is 0.263. The lowest BCUT2D eigenvalue weighted by Crippen LogP contribution is -2.42. The van der Waals surface area contributed by atoms with Crippen LogP contribution in [0.5, 0.6) is 0 Å². The molecule has 3 rings (SSSR count). The lowest BCUT2D eigenvalue weighted by molar-refractivity contribution is -0.137. The molecule has 9 heteroatoms. The van der Waals surface area contributed by atoms with Gasteiger partial charge >= 0.3 is 12.2 Å². The largest absolute Gasteiger partial charge is 0.416 e. The molecule has 0 unspecified atom stereocenters. The second-order valence-electron chi connectivity index (χ2n) is 6.89. The number of benzene rings is 1. The molecule has 1 aliphatic heterocycles. The molecule has 0 spiro atoms. The van der Waals surface area contributed by atoms with Crippen LogP contribution in [0, 0.1) is 5.92 Å². The third-order valence-electron chi connectivity index (χ3n) is 4.83. The molecule has 0 saturated carbocycles. The van der Waals surface area contributed by atoms with Crippen LogP contribution in [-0.2, 0) is 6.18 Å². The maximum atomic E-state index is 12.6. The number of likely N-dealkylation sites (tertiary alicyclic amines) is 1. The molecule has 2 heterocycles. The summed E-state index contributed by atoms with van der Waals surface area (Å²) in [5, 5.41) is 5.26. The fourth-order valence-electron chi connectivity index (χ4n) is 3.17. The Morgan fingerprint density at radius 1 is 1.10 bits per heavy atom. The number of nitrogens with zero attached hydrogens (tertiary/aromatic N) is 2. The van der Waals surface area contributed by atoms with Gasteiger partial charge in [0.1, 0.15) is 0 Å². The van der Waals surface area contributed by atoms with Crippen molar-refractivity contribution in [3.05, 3.63) is 59.9 Å². The van der Waals surface area contributed by atoms with Gasteiger partial charge in [-0.2, -0.15) is 13.2 Å². The molecule has 6 nitrogen and oxygen atoms in total. The predicted molar refractivity (Wildman–Crippen MR) is 101 cm³/mol. The van der Waals surface area contributed by atoms with Crippen molar-refractivity contribution in [3.8, 4) is 0 Å². The number of aromatic nitrogens is 1. The van der Waals surface area contributed by atoms with Crippen LogP contribution < -0.4 is 10.6 Å². The van der Waals surface area contributed by atoms with E-state index in [0.717, 1.165) is 25.0 Å². The normalized spacial score (nSPS) is 15.1. The van der Waals surface area contributed by atoms with Crippen LogP contribution in [0.1, 0.15) is 28.8 Å². The maximum absolute atomic E-state index is 12.6. The summed E-state index contributed by atoms with van der Waals surface area (Å²) in [6.45, 7) is 1.63. The lowest BCUT2D eigenvalue weighted by atomic mass is 9.96. The van der Waals surface area contributed by atoms with Gasteiger partial charge in [-0.25, -0.2) is 4.79 Å². The summed E-state index contributed by atoms with van der Waals surface area (Å²) in [5.74, 6) is 0.177. The van der Waals surface area contributed by atoms with E-state index >= 15 is 0 Å². The van der Waals surface area contributed by atoms with E-state index in [1.807, 2.05) is 0 Å². The first-order valence-corrected chi connectivity index (χ1v) is 9.24. The zero-order valence-corrected chi connectivity index (χ0v) is 15.6. The molecule has 1 fully saturated rings. The summed E-state index contributed by atoms with van der Waals surface area (Å²) in [4.78, 5) is 30.1. The van der Waals surface area contributed by atoms with Crippen molar-refractivity contribution in [2.75, 3.05) is 25.0 Å². The molecule has 1 saturated heterocycles. The Morgan fingerprint density at radius 3 is 2.38 bits per heavy atom. The van der Waals surface area contributed by atoms with Crippen LogP contribution in [-0.4, -0.2) is 41.5 Å². The number of alkyl halides is 3. The third kappa shape index (κ3) is 5.69. The first kappa shape index (κ1) is 20.6. The molecule has 1 aromatic carbocycles. The summed E-state index contributed by atoms with van der Waals surface area (Å²) in [6, 6.07) is 7.25. The van der Waals surface area contributed by atoms with E-state index in [-0.39, 0.29) is 17.5 Å². The topological polar surface area (TPSA) is 74.3 Å². The number of halogens is 3. The summed E-state index contributed by atoms with van der Waals surface area (Å²) in [7, 11) is 0. The predicted octanol–water partition coefficient (Wildman–Crippen LogP) is 3.77. The van der Waals surface area contributed by atoms with Gasteiger partial charge in [0.15, 0.2) is 0 Å². The number of urea groups is 1. The van der Waals surface area contributed by atoms with Crippen LogP contribution in [0.25, 0.3) is 0 Å². The quantitative estimate of drug-likeness (QED) is 0.812. The average Bonchev–Trinajstić information content (AvgIpc) is 2.72. The molecule has 0 atom stereocenters. The highest BCUT2D eigenvalue weighted by atomic mass is 19.4. The third-order valence-corrected chi connectivity index (χ3v) is 4.83. The van der Waals surface area contributed by atoms with Crippen molar-refractivity contribution in [1.82, 2.24) is 15.2 Å². The van der Waals surface area contributed by atoms with Crippen molar-refractivity contribution in [2.24, 2.45) is 5.92 Å². The van der Waals surface area contributed by atoms with Gasteiger partial charge in [-0.05, 0) is 55.2 Å². The Bertz CT molecular complexity index is 833. The van der Waals surface area contributed by atoms with E-state index in [4.69, 9.17) is 0 Å². The highest BCUT2D eigenvalue weighted by molar-refractivity contribution is 5.94. The summed E-state index contributed by atoms with van der Waals surface area (Å²) < 4.78 is 37.7. The van der Waals surface area contributed by atoms with Crippen molar-refractivity contribution in [3.63, 3.8) is 0 Å². The minimum absolute atomic E-state index is 0.0513. The average molecular weight is 406 g/mol. The van der Waals surface area contributed by atoms with Crippen LogP contribution >= 0.6 is 0 Å². The van der Waals surface area contributed by atoms with Crippen LogP contribution in [0.2, 0.25) is 0 Å². The highest BCUT2D eigenvalue weighted by Gasteiger charge is 2.30. The summed E-state index contributed by atoms with van der Waals surface area (Å²) in [5.41, 5.74) is 0.0726. The number of rotatable bonds is 4. The first-order chi connectivity index (χ1) is 13.8. The standard InChI is InChI=1S/C20H21F3N4O2/c21-20(22,23)16-3-5-17(6-4-16)26-19(29)25-12-14-7-10-27(11-8-14)18(28)15-2-1-9-24-13-15/h1-6,9,13-14H,7-8,10-12H2,(H2,25,26,29). The van der Waals surface area contributed by atoms with Gasteiger partial charge in [-0.1, -0.05) is 0 Å². The molecule has 29 heavy (non-hydrogen) atoms. The molecule has 1 aliphatic rings. The number of amides is 3. The van der Waals surface area contributed by atoms with Gasteiger partial charge in [0, 0.05) is 37.7 Å². The second-order valence-corrected chi connectivity index (χ2v) is 6.89. The molecule has 0 aliphatic carbocycles. The molecular weight excluding hydrogens is 385 g/mol. The van der Waals surface area contributed by atoms with Gasteiger partial charge in [0.05, 0.1) is 11.1 Å². The van der Waals surface area contributed by atoms with E-state index in [1.165, 1.54) is 12.1 Å². The second kappa shape index (κ2) is 8.93. The lowest BCUT2D eigenvalue weighted by Gasteiger charge is -2.32. The number of anilines is 1. The van der Waals surface area contributed by atoms with E-state index < -0.39 is 17.8 Å². The number of hydrogen-bond donors (Lipinski definition) is 2. The fourth-order valence-corrected chi connectivity index (χ4v) is 3.17. The smallest absolute Gasteiger partial charge is 0.339 e. The monoisotopic (exact) mass is 406 g/mol. The fraction of sp³-hybridized carbons (Fsp3) is 0.350. The van der Waals surface area contributed by atoms with E-state index in [2.05, 4.69) is 15.6 Å². The van der Waals surface area contributed by atoms with E-state index in [0.29, 0.717) is 25.2 Å². The minimum Gasteiger partial charge on any atom is -0.339 e. The van der Waals surface area contributed by atoms with Gasteiger partial charge < -0.3 is 15.5 Å². The molecule has 1 aromatic heterocycles. The number of carbonyl (C=O) groups is 2. The zero-order valence-electron chi connectivity index (χ0n) is 15.6. The molecule has 0 radical (unpaired) electrons. The van der Waals surface area contributed by atoms with Crippen molar-refractivity contribution >= 4 is 17.6 Å². The van der Waals surface area contributed by atoms with Crippen LogP contribution in [0.15, 0.2) is 48.8 Å². The maximum Gasteiger partial charge on any atom is 0.416 e. The molecule has 2 N–H and O–H groups in total. The van der Waals surface area contributed by atoms with Gasteiger partial charge in [0.2, 0.25) is 0 Å². The Labute approximate surface area is 166 Å². The Hall–Kier alpha value is -3.10. The molecular formula is C20H21F3N4O2. The number of pyridine rings is 1. The molecule has 0 bridgehead atoms. The van der Waals surface area contributed by atoms with Gasteiger partial charge in [0.25, 0.3) is 5.91 Å². The summed E-state index contributed by atoms with van der Waals surface area (Å²) >= 11 is 0. The van der Waals surface area contributed by atoms with E-state index in [1.54, 1.807) is 29.4 Å². The Balaban J connectivity index is 1.41. The van der Waals surface area contributed by atoms with Crippen LogP contribution in [0.3, 0.4) is 0 Å². The van der Waals surface area contributed by atoms with Crippen LogP contribution in [0.4, 0.5) is 23.7 Å². The highest BCUT2D eigenvalue weighted by Crippen LogP contribution is 2.29. The zero-order chi connectivity index (χ0) is 20.9. The van der Waals surface area contributed by atoms with Crippen molar-refractivity contribution in [1.29, 1.82) is 0 Å².